The van der Waals surface area contributed by atoms with E-state index in [0.29, 0.717) is 5.89 Å². The highest BCUT2D eigenvalue weighted by atomic mass is 35.5. The average Bonchev–Trinajstić information content (AvgIpc) is 3.12. The van der Waals surface area contributed by atoms with E-state index in [-0.39, 0.29) is 24.4 Å². The van der Waals surface area contributed by atoms with Crippen molar-refractivity contribution in [2.75, 3.05) is 16.9 Å². The van der Waals surface area contributed by atoms with Crippen LogP contribution < -0.4 is 10.6 Å². The van der Waals surface area contributed by atoms with Crippen LogP contribution >= 0.6 is 24.2 Å². The number of halogens is 1. The summed E-state index contributed by atoms with van der Waals surface area (Å²) in [7, 11) is 0. The van der Waals surface area contributed by atoms with Crippen LogP contribution in [-0.2, 0) is 4.79 Å². The molecule has 22 heavy (non-hydrogen) atoms. The van der Waals surface area contributed by atoms with Crippen LogP contribution in [0.3, 0.4) is 0 Å². The molecule has 1 fully saturated rings. The van der Waals surface area contributed by atoms with Gasteiger partial charge in [-0.25, -0.2) is 4.98 Å². The number of hydrogen-bond acceptors (Lipinski definition) is 5. The Bertz CT molecular complexity index is 669. The van der Waals surface area contributed by atoms with Crippen LogP contribution in [-0.4, -0.2) is 28.6 Å². The van der Waals surface area contributed by atoms with Gasteiger partial charge in [0.05, 0.1) is 11.7 Å². The quantitative estimate of drug-likeness (QED) is 0.899. The highest BCUT2D eigenvalue weighted by molar-refractivity contribution is 7.99. The number of aryl methyl sites for hydroxylation is 2. The zero-order chi connectivity index (χ0) is 14.8. The molecular weight excluding hydrogens is 322 g/mol. The zero-order valence-corrected chi connectivity index (χ0v) is 14.0. The van der Waals surface area contributed by atoms with Gasteiger partial charge in [-0.1, -0.05) is 6.07 Å². The number of aromatic nitrogens is 1. The van der Waals surface area contributed by atoms with Crippen LogP contribution in [0.25, 0.3) is 11.5 Å². The summed E-state index contributed by atoms with van der Waals surface area (Å²) in [5, 5.41) is 6.10. The SMILES string of the molecule is Cc1coc(-c2cc(NC(=O)C3CSCN3)ccc2C)n1.Cl. The Hall–Kier alpha value is -1.50. The van der Waals surface area contributed by atoms with E-state index in [1.165, 1.54) is 0 Å². The van der Waals surface area contributed by atoms with Crippen LogP contribution in [0.1, 0.15) is 11.3 Å². The molecule has 1 atom stereocenters. The van der Waals surface area contributed by atoms with Gasteiger partial charge in [0.1, 0.15) is 6.26 Å². The maximum Gasteiger partial charge on any atom is 0.242 e. The first-order valence-electron chi connectivity index (χ1n) is 6.78. The molecule has 5 nitrogen and oxygen atoms in total. The summed E-state index contributed by atoms with van der Waals surface area (Å²) >= 11 is 1.73. The number of benzene rings is 1. The number of anilines is 1. The second-order valence-corrected chi connectivity index (χ2v) is 6.12. The van der Waals surface area contributed by atoms with E-state index < -0.39 is 0 Å². The lowest BCUT2D eigenvalue weighted by atomic mass is 10.1. The molecule has 2 aromatic rings. The van der Waals surface area contributed by atoms with E-state index >= 15 is 0 Å². The number of carbonyl (C=O) groups is 1. The normalized spacial score (nSPS) is 17.1. The Morgan fingerprint density at radius 1 is 1.45 bits per heavy atom. The van der Waals surface area contributed by atoms with Crippen molar-refractivity contribution in [1.82, 2.24) is 10.3 Å². The molecule has 1 amide bonds. The molecule has 1 aliphatic rings. The summed E-state index contributed by atoms with van der Waals surface area (Å²) < 4.78 is 5.45. The van der Waals surface area contributed by atoms with Gasteiger partial charge in [-0.2, -0.15) is 0 Å². The molecule has 1 aromatic carbocycles. The van der Waals surface area contributed by atoms with Gasteiger partial charge in [0.2, 0.25) is 11.8 Å². The zero-order valence-electron chi connectivity index (χ0n) is 12.4. The average molecular weight is 340 g/mol. The summed E-state index contributed by atoms with van der Waals surface area (Å²) in [6, 6.07) is 5.64. The van der Waals surface area contributed by atoms with Crippen molar-refractivity contribution in [2.45, 2.75) is 19.9 Å². The van der Waals surface area contributed by atoms with Gasteiger partial charge in [-0.15, -0.1) is 24.2 Å². The van der Waals surface area contributed by atoms with E-state index in [9.17, 15) is 4.79 Å². The van der Waals surface area contributed by atoms with Gasteiger partial charge in [-0.3, -0.25) is 10.1 Å². The van der Waals surface area contributed by atoms with E-state index in [1.807, 2.05) is 32.0 Å². The Balaban J connectivity index is 0.00000176. The predicted molar refractivity (Wildman–Crippen MR) is 91.5 cm³/mol. The number of hydrogen-bond donors (Lipinski definition) is 2. The van der Waals surface area contributed by atoms with E-state index in [2.05, 4.69) is 15.6 Å². The maximum atomic E-state index is 12.1. The third-order valence-electron chi connectivity index (χ3n) is 3.39. The Morgan fingerprint density at radius 2 is 2.27 bits per heavy atom. The number of nitrogens with one attached hydrogen (secondary N) is 2. The highest BCUT2D eigenvalue weighted by Crippen LogP contribution is 2.26. The predicted octanol–water partition coefficient (Wildman–Crippen LogP) is 2.98. The van der Waals surface area contributed by atoms with Gasteiger partial charge in [0.15, 0.2) is 0 Å². The number of amides is 1. The molecule has 118 valence electrons. The van der Waals surface area contributed by atoms with Crippen molar-refractivity contribution < 1.29 is 9.21 Å². The largest absolute Gasteiger partial charge is 0.444 e. The minimum absolute atomic E-state index is 0. The summed E-state index contributed by atoms with van der Waals surface area (Å²) in [5.74, 6) is 2.21. The topological polar surface area (TPSA) is 67.2 Å². The molecule has 1 saturated heterocycles. The summed E-state index contributed by atoms with van der Waals surface area (Å²) in [6.07, 6.45) is 1.62. The number of oxazole rings is 1. The van der Waals surface area contributed by atoms with Crippen LogP contribution in [0.2, 0.25) is 0 Å². The van der Waals surface area contributed by atoms with Crippen LogP contribution in [0, 0.1) is 13.8 Å². The second-order valence-electron chi connectivity index (χ2n) is 5.08. The van der Waals surface area contributed by atoms with Crippen LogP contribution in [0.5, 0.6) is 0 Å². The van der Waals surface area contributed by atoms with Crippen LogP contribution in [0.15, 0.2) is 28.9 Å². The third-order valence-corrected chi connectivity index (χ3v) is 4.33. The molecule has 2 heterocycles. The van der Waals surface area contributed by atoms with Crippen molar-refractivity contribution >= 4 is 35.8 Å². The van der Waals surface area contributed by atoms with E-state index in [1.54, 1.807) is 18.0 Å². The first-order chi connectivity index (χ1) is 10.1. The molecular formula is C15H18ClN3O2S. The first kappa shape index (κ1) is 16.9. The standard InChI is InChI=1S/C15H17N3O2S.ClH/c1-9-3-4-11(18-14(19)13-7-21-8-16-13)5-12(9)15-17-10(2)6-20-15;/h3-6,13,16H,7-8H2,1-2H3,(H,18,19);1H. The van der Waals surface area contributed by atoms with Crippen molar-refractivity contribution in [1.29, 1.82) is 0 Å². The smallest absolute Gasteiger partial charge is 0.242 e. The number of nitrogens with zero attached hydrogens (tertiary/aromatic N) is 1. The Kier molecular flexibility index (Phi) is 5.50. The van der Waals surface area contributed by atoms with Gasteiger partial charge in [0.25, 0.3) is 0 Å². The molecule has 0 saturated carbocycles. The summed E-state index contributed by atoms with van der Waals surface area (Å²) in [6.45, 7) is 3.88. The van der Waals surface area contributed by atoms with E-state index in [4.69, 9.17) is 4.42 Å². The Labute approximate surface area is 139 Å². The minimum Gasteiger partial charge on any atom is -0.444 e. The lowest BCUT2D eigenvalue weighted by Crippen LogP contribution is -2.37. The van der Waals surface area contributed by atoms with Gasteiger partial charge in [0, 0.05) is 22.9 Å². The first-order valence-corrected chi connectivity index (χ1v) is 7.94. The summed E-state index contributed by atoms with van der Waals surface area (Å²) in [4.78, 5) is 16.5. The lowest BCUT2D eigenvalue weighted by Gasteiger charge is -2.12. The van der Waals surface area contributed by atoms with Crippen molar-refractivity contribution in [3.05, 3.63) is 35.7 Å². The number of rotatable bonds is 3. The number of thioether (sulfide) groups is 1. The van der Waals surface area contributed by atoms with Gasteiger partial charge in [-0.05, 0) is 31.5 Å². The van der Waals surface area contributed by atoms with Crippen molar-refractivity contribution in [3.63, 3.8) is 0 Å². The molecule has 0 radical (unpaired) electrons. The second kappa shape index (κ2) is 7.17. The molecule has 2 N–H and O–H groups in total. The van der Waals surface area contributed by atoms with Crippen molar-refractivity contribution in [2.24, 2.45) is 0 Å². The monoisotopic (exact) mass is 339 g/mol. The molecule has 1 aromatic heterocycles. The molecule has 1 unspecified atom stereocenters. The van der Waals surface area contributed by atoms with E-state index in [0.717, 1.165) is 34.1 Å². The van der Waals surface area contributed by atoms with Crippen molar-refractivity contribution in [3.8, 4) is 11.5 Å². The molecule has 1 aliphatic heterocycles. The molecule has 0 aliphatic carbocycles. The molecule has 0 spiro atoms. The Morgan fingerprint density at radius 3 is 2.91 bits per heavy atom. The van der Waals surface area contributed by atoms with Crippen LogP contribution in [0.4, 0.5) is 5.69 Å². The third kappa shape index (κ3) is 3.63. The maximum absolute atomic E-state index is 12.1. The molecule has 7 heteroatoms. The molecule has 0 bridgehead atoms. The molecule has 3 rings (SSSR count). The lowest BCUT2D eigenvalue weighted by molar-refractivity contribution is -0.117. The highest BCUT2D eigenvalue weighted by Gasteiger charge is 2.22. The fourth-order valence-corrected chi connectivity index (χ4v) is 3.14. The number of carbonyl (C=O) groups excluding carboxylic acids is 1. The fraction of sp³-hybridized carbons (Fsp3) is 0.333. The summed E-state index contributed by atoms with van der Waals surface area (Å²) in [5.41, 5.74) is 3.56. The minimum atomic E-state index is -0.122. The fourth-order valence-electron chi connectivity index (χ4n) is 2.20. The van der Waals surface area contributed by atoms with Gasteiger partial charge >= 0.3 is 0 Å². The van der Waals surface area contributed by atoms with Gasteiger partial charge < -0.3 is 9.73 Å².